The highest BCUT2D eigenvalue weighted by Gasteiger charge is 2.19. The summed E-state index contributed by atoms with van der Waals surface area (Å²) >= 11 is 8.46. The SMILES string of the molecule is Cc1sc(NC(=O)CSc2nccc(-c3ccc(Cl)cc3)n2)c(C#N)c1-c1ccc(F)cc1. The van der Waals surface area contributed by atoms with Crippen molar-refractivity contribution in [1.29, 1.82) is 5.26 Å². The molecule has 2 aromatic carbocycles. The van der Waals surface area contributed by atoms with Crippen LogP contribution in [0.3, 0.4) is 0 Å². The zero-order valence-corrected chi connectivity index (χ0v) is 19.7. The molecule has 0 bridgehead atoms. The molecular formula is C24H16ClFN4OS2. The van der Waals surface area contributed by atoms with Gasteiger partial charge in [0.1, 0.15) is 16.9 Å². The molecule has 0 aliphatic carbocycles. The maximum Gasteiger partial charge on any atom is 0.235 e. The number of thiophene rings is 1. The Morgan fingerprint density at radius 1 is 1.15 bits per heavy atom. The lowest BCUT2D eigenvalue weighted by Gasteiger charge is -2.05. The number of benzene rings is 2. The van der Waals surface area contributed by atoms with Gasteiger partial charge in [0.2, 0.25) is 5.91 Å². The van der Waals surface area contributed by atoms with Gasteiger partial charge in [0.25, 0.3) is 0 Å². The summed E-state index contributed by atoms with van der Waals surface area (Å²) in [7, 11) is 0. The lowest BCUT2D eigenvalue weighted by atomic mass is 10.0. The summed E-state index contributed by atoms with van der Waals surface area (Å²) in [5, 5.41) is 14.1. The zero-order valence-electron chi connectivity index (χ0n) is 17.3. The number of amides is 1. The number of halogens is 2. The average Bonchev–Trinajstić information content (AvgIpc) is 3.13. The summed E-state index contributed by atoms with van der Waals surface area (Å²) in [4.78, 5) is 22.2. The van der Waals surface area contributed by atoms with E-state index in [9.17, 15) is 14.4 Å². The van der Waals surface area contributed by atoms with Gasteiger partial charge >= 0.3 is 0 Å². The van der Waals surface area contributed by atoms with Crippen LogP contribution < -0.4 is 5.32 Å². The third-order valence-electron chi connectivity index (χ3n) is 4.69. The number of anilines is 1. The van der Waals surface area contributed by atoms with Crippen molar-refractivity contribution < 1.29 is 9.18 Å². The van der Waals surface area contributed by atoms with Gasteiger partial charge in [-0.3, -0.25) is 4.79 Å². The van der Waals surface area contributed by atoms with Gasteiger partial charge in [0.05, 0.1) is 17.0 Å². The van der Waals surface area contributed by atoms with Crippen molar-refractivity contribution in [3.05, 3.63) is 82.1 Å². The van der Waals surface area contributed by atoms with Crippen molar-refractivity contribution in [1.82, 2.24) is 9.97 Å². The third-order valence-corrected chi connectivity index (χ3v) is 6.82. The number of hydrogen-bond acceptors (Lipinski definition) is 6. The Bertz CT molecular complexity index is 1350. The van der Waals surface area contributed by atoms with E-state index in [-0.39, 0.29) is 17.5 Å². The van der Waals surface area contributed by atoms with Crippen LogP contribution >= 0.6 is 34.7 Å². The first kappa shape index (κ1) is 22.9. The molecule has 0 fully saturated rings. The maximum atomic E-state index is 13.3. The fraction of sp³-hybridized carbons (Fsp3) is 0.0833. The topological polar surface area (TPSA) is 78.7 Å². The Labute approximate surface area is 203 Å². The van der Waals surface area contributed by atoms with Gasteiger partial charge < -0.3 is 5.32 Å². The molecule has 1 N–H and O–H groups in total. The van der Waals surface area contributed by atoms with E-state index in [1.807, 2.05) is 19.1 Å². The minimum Gasteiger partial charge on any atom is -0.316 e. The van der Waals surface area contributed by atoms with E-state index in [0.717, 1.165) is 21.7 Å². The molecule has 0 saturated carbocycles. The standard InChI is InChI=1S/C24H16ClFN4OS2/c1-14-22(16-4-8-18(26)9-5-16)19(12-27)23(33-14)30-21(31)13-32-24-28-11-10-20(29-24)15-2-6-17(25)7-3-15/h2-11H,13H2,1H3,(H,30,31). The van der Waals surface area contributed by atoms with E-state index >= 15 is 0 Å². The number of carbonyl (C=O) groups is 1. The predicted octanol–water partition coefficient (Wildman–Crippen LogP) is 6.58. The van der Waals surface area contributed by atoms with Crippen LogP contribution in [0.1, 0.15) is 10.4 Å². The number of rotatable bonds is 6. The normalized spacial score (nSPS) is 10.6. The first-order valence-electron chi connectivity index (χ1n) is 9.75. The first-order valence-corrected chi connectivity index (χ1v) is 11.9. The van der Waals surface area contributed by atoms with E-state index < -0.39 is 0 Å². The Morgan fingerprint density at radius 2 is 1.85 bits per heavy atom. The number of nitriles is 1. The molecular weight excluding hydrogens is 479 g/mol. The van der Waals surface area contributed by atoms with Crippen LogP contribution in [0.2, 0.25) is 5.02 Å². The van der Waals surface area contributed by atoms with E-state index in [1.165, 1.54) is 35.2 Å². The second-order valence-corrected chi connectivity index (χ2v) is 9.53. The number of aromatic nitrogens is 2. The minimum absolute atomic E-state index is 0.0811. The molecule has 164 valence electrons. The molecule has 4 aromatic rings. The van der Waals surface area contributed by atoms with Crippen LogP contribution in [0.4, 0.5) is 9.39 Å². The number of aryl methyl sites for hydroxylation is 1. The van der Waals surface area contributed by atoms with Crippen molar-refractivity contribution in [3.8, 4) is 28.5 Å². The molecule has 0 aliphatic rings. The molecule has 2 heterocycles. The van der Waals surface area contributed by atoms with Gasteiger partial charge in [-0.2, -0.15) is 5.26 Å². The smallest absolute Gasteiger partial charge is 0.235 e. The predicted molar refractivity (Wildman–Crippen MR) is 131 cm³/mol. The van der Waals surface area contributed by atoms with E-state index in [0.29, 0.717) is 26.3 Å². The number of thioether (sulfide) groups is 1. The number of nitrogens with one attached hydrogen (secondary N) is 1. The second-order valence-electron chi connectivity index (χ2n) is 6.92. The van der Waals surface area contributed by atoms with E-state index in [1.54, 1.807) is 36.5 Å². The summed E-state index contributed by atoms with van der Waals surface area (Å²) in [6, 6.07) is 17.2. The van der Waals surface area contributed by atoms with Gasteiger partial charge in [-0.15, -0.1) is 11.3 Å². The van der Waals surface area contributed by atoms with E-state index in [4.69, 9.17) is 11.6 Å². The highest BCUT2D eigenvalue weighted by molar-refractivity contribution is 7.99. The molecule has 0 spiro atoms. The van der Waals surface area contributed by atoms with Crippen molar-refractivity contribution >= 4 is 45.6 Å². The molecule has 0 radical (unpaired) electrons. The van der Waals surface area contributed by atoms with Crippen LogP contribution in [-0.2, 0) is 4.79 Å². The molecule has 2 aromatic heterocycles. The van der Waals surface area contributed by atoms with Crippen molar-refractivity contribution in [2.24, 2.45) is 0 Å². The molecule has 0 atom stereocenters. The van der Waals surface area contributed by atoms with E-state index in [2.05, 4.69) is 21.4 Å². The fourth-order valence-electron chi connectivity index (χ4n) is 3.19. The van der Waals surface area contributed by atoms with Gasteiger partial charge in [-0.25, -0.2) is 14.4 Å². The van der Waals surface area contributed by atoms with Gasteiger partial charge in [-0.1, -0.05) is 47.6 Å². The Kier molecular flexibility index (Phi) is 7.04. The molecule has 9 heteroatoms. The highest BCUT2D eigenvalue weighted by Crippen LogP contribution is 2.39. The first-order chi connectivity index (χ1) is 15.9. The van der Waals surface area contributed by atoms with Crippen LogP contribution in [-0.4, -0.2) is 21.6 Å². The summed E-state index contributed by atoms with van der Waals surface area (Å²) in [5.74, 6) is -0.542. The van der Waals surface area contributed by atoms with Crippen molar-refractivity contribution in [2.45, 2.75) is 12.1 Å². The van der Waals surface area contributed by atoms with Gasteiger partial charge in [0.15, 0.2) is 5.16 Å². The van der Waals surface area contributed by atoms with Crippen molar-refractivity contribution in [2.75, 3.05) is 11.1 Å². The summed E-state index contributed by atoms with van der Waals surface area (Å²) in [6.45, 7) is 1.87. The minimum atomic E-state index is -0.349. The zero-order chi connectivity index (χ0) is 23.4. The molecule has 5 nitrogen and oxygen atoms in total. The highest BCUT2D eigenvalue weighted by atomic mass is 35.5. The summed E-state index contributed by atoms with van der Waals surface area (Å²) < 4.78 is 13.3. The lowest BCUT2D eigenvalue weighted by molar-refractivity contribution is -0.113. The largest absolute Gasteiger partial charge is 0.316 e. The second kappa shape index (κ2) is 10.1. The summed E-state index contributed by atoms with van der Waals surface area (Å²) in [5.41, 5.74) is 3.42. The Balaban J connectivity index is 1.46. The lowest BCUT2D eigenvalue weighted by Crippen LogP contribution is -2.14. The fourth-order valence-corrected chi connectivity index (χ4v) is 4.99. The number of nitrogens with zero attached hydrogens (tertiary/aromatic N) is 3. The maximum absolute atomic E-state index is 13.3. The van der Waals surface area contributed by atoms with Crippen LogP contribution in [0.5, 0.6) is 0 Å². The molecule has 0 saturated heterocycles. The van der Waals surface area contributed by atoms with Crippen molar-refractivity contribution in [3.63, 3.8) is 0 Å². The Morgan fingerprint density at radius 3 is 2.55 bits per heavy atom. The molecule has 0 aliphatic heterocycles. The summed E-state index contributed by atoms with van der Waals surface area (Å²) in [6.07, 6.45) is 1.64. The quantitative estimate of drug-likeness (QED) is 0.242. The number of hydrogen-bond donors (Lipinski definition) is 1. The molecule has 4 rings (SSSR count). The van der Waals surface area contributed by atoms with Gasteiger partial charge in [0, 0.05) is 27.2 Å². The third kappa shape index (κ3) is 5.40. The van der Waals surface area contributed by atoms with Crippen LogP contribution in [0.15, 0.2) is 66.0 Å². The van der Waals surface area contributed by atoms with Crippen LogP contribution in [0, 0.1) is 24.1 Å². The van der Waals surface area contributed by atoms with Gasteiger partial charge in [-0.05, 0) is 42.8 Å². The molecule has 33 heavy (non-hydrogen) atoms. The molecule has 0 unspecified atom stereocenters. The monoisotopic (exact) mass is 494 g/mol. The number of carbonyl (C=O) groups excluding carboxylic acids is 1. The average molecular weight is 495 g/mol. The molecule has 1 amide bonds. The van der Waals surface area contributed by atoms with Crippen LogP contribution in [0.25, 0.3) is 22.4 Å². The Hall–Kier alpha value is -3.25.